The number of likely N-dealkylation sites (tertiary alicyclic amines) is 1. The van der Waals surface area contributed by atoms with Crippen molar-refractivity contribution in [2.75, 3.05) is 18.4 Å². The first-order valence-corrected chi connectivity index (χ1v) is 15.6. The number of anilines is 1. The van der Waals surface area contributed by atoms with Gasteiger partial charge in [0.1, 0.15) is 5.69 Å². The molecule has 0 atom stereocenters. The van der Waals surface area contributed by atoms with E-state index in [2.05, 4.69) is 43.1 Å². The molecule has 2 saturated carbocycles. The van der Waals surface area contributed by atoms with Crippen molar-refractivity contribution >= 4 is 22.9 Å². The maximum Gasteiger partial charge on any atom is 0.261 e. The summed E-state index contributed by atoms with van der Waals surface area (Å²) in [7, 11) is 1.78. The molecule has 3 fully saturated rings. The monoisotopic (exact) mass is 585 g/mol. The lowest BCUT2D eigenvalue weighted by molar-refractivity contribution is 0.0106. The van der Waals surface area contributed by atoms with E-state index in [1.807, 2.05) is 13.8 Å². The second kappa shape index (κ2) is 10.8. The molecule has 0 spiro atoms. The standard InChI is InChI=1S/C33H40FN7O2/c1-20-26(19-36-39(20)3)30-29(34)25(10-15-35-30)31(42)38-32-37-27-18-22(21-11-16-40(17-12-21)23-5-6-23)4-7-28(27)41(32)24-8-13-33(2,43)14-9-24/h4,7,10,15,18-19,21,23-24,43H,5-6,8-9,11-14,16-17H2,1-3H3,(H,37,38,42)/t24-,33+. The molecule has 2 aliphatic carbocycles. The van der Waals surface area contributed by atoms with Gasteiger partial charge in [-0.1, -0.05) is 6.07 Å². The third-order valence-electron chi connectivity index (χ3n) is 10.0. The van der Waals surface area contributed by atoms with Gasteiger partial charge in [0.15, 0.2) is 5.82 Å². The predicted octanol–water partition coefficient (Wildman–Crippen LogP) is 5.74. The number of hydrogen-bond acceptors (Lipinski definition) is 6. The molecule has 1 amide bonds. The smallest absolute Gasteiger partial charge is 0.261 e. The van der Waals surface area contributed by atoms with Crippen LogP contribution >= 0.6 is 0 Å². The van der Waals surface area contributed by atoms with Crippen LogP contribution in [0.4, 0.5) is 10.3 Å². The third-order valence-corrected chi connectivity index (χ3v) is 10.0. The van der Waals surface area contributed by atoms with Crippen molar-refractivity contribution in [1.82, 2.24) is 29.2 Å². The largest absolute Gasteiger partial charge is 0.390 e. The van der Waals surface area contributed by atoms with E-state index in [0.717, 1.165) is 61.5 Å². The highest BCUT2D eigenvalue weighted by Crippen LogP contribution is 2.40. The van der Waals surface area contributed by atoms with Crippen molar-refractivity contribution in [2.24, 2.45) is 7.05 Å². The number of imidazole rings is 1. The summed E-state index contributed by atoms with van der Waals surface area (Å²) in [6, 6.07) is 8.78. The van der Waals surface area contributed by atoms with Gasteiger partial charge in [-0.15, -0.1) is 0 Å². The number of benzene rings is 1. The molecule has 2 N–H and O–H groups in total. The van der Waals surface area contributed by atoms with Crippen LogP contribution in [-0.4, -0.2) is 65.0 Å². The van der Waals surface area contributed by atoms with Crippen LogP contribution in [0.25, 0.3) is 22.3 Å². The van der Waals surface area contributed by atoms with E-state index in [-0.39, 0.29) is 17.3 Å². The highest BCUT2D eigenvalue weighted by Gasteiger charge is 2.34. The van der Waals surface area contributed by atoms with Crippen molar-refractivity contribution in [1.29, 1.82) is 0 Å². The Balaban J connectivity index is 1.21. The van der Waals surface area contributed by atoms with Crippen molar-refractivity contribution in [3.05, 3.63) is 59.3 Å². The van der Waals surface area contributed by atoms with Crippen molar-refractivity contribution in [2.45, 2.75) is 88.8 Å². The lowest BCUT2D eigenvalue weighted by Gasteiger charge is -2.34. The Morgan fingerprint density at radius 2 is 1.81 bits per heavy atom. The molecule has 0 bridgehead atoms. The van der Waals surface area contributed by atoms with E-state index in [9.17, 15) is 9.90 Å². The molecule has 4 heterocycles. The van der Waals surface area contributed by atoms with Crippen LogP contribution < -0.4 is 5.32 Å². The Labute approximate surface area is 251 Å². The number of hydrogen-bond donors (Lipinski definition) is 2. The van der Waals surface area contributed by atoms with Crippen LogP contribution in [-0.2, 0) is 7.05 Å². The molecular formula is C33H40FN7O2. The molecule has 226 valence electrons. The highest BCUT2D eigenvalue weighted by molar-refractivity contribution is 6.05. The number of halogens is 1. The zero-order valence-corrected chi connectivity index (χ0v) is 25.2. The minimum absolute atomic E-state index is 0.0593. The van der Waals surface area contributed by atoms with E-state index in [0.29, 0.717) is 30.3 Å². The lowest BCUT2D eigenvalue weighted by atomic mass is 9.83. The number of carbonyl (C=O) groups is 1. The Hall–Kier alpha value is -3.63. The average Bonchev–Trinajstić information content (AvgIpc) is 3.72. The van der Waals surface area contributed by atoms with Gasteiger partial charge < -0.3 is 14.6 Å². The molecule has 1 aliphatic heterocycles. The second-order valence-electron chi connectivity index (χ2n) is 13.1. The summed E-state index contributed by atoms with van der Waals surface area (Å²) in [5.74, 6) is -0.364. The first-order chi connectivity index (χ1) is 20.7. The minimum atomic E-state index is -0.695. The van der Waals surface area contributed by atoms with Crippen molar-refractivity contribution < 1.29 is 14.3 Å². The SMILES string of the molecule is Cc1c(-c2nccc(C(=O)Nc3nc4cc(C5CCN(C6CC6)CC5)ccc4n3[C@H]3CC[C@@](C)(O)CC3)c2F)cnn1C. The molecular weight excluding hydrogens is 545 g/mol. The van der Waals surface area contributed by atoms with Gasteiger partial charge in [-0.25, -0.2) is 9.37 Å². The molecule has 4 aromatic rings. The molecule has 3 aromatic heterocycles. The van der Waals surface area contributed by atoms with Crippen LogP contribution in [0.15, 0.2) is 36.7 Å². The second-order valence-corrected chi connectivity index (χ2v) is 13.1. The fourth-order valence-corrected chi connectivity index (χ4v) is 7.05. The first kappa shape index (κ1) is 28.2. The number of aromatic nitrogens is 5. The summed E-state index contributed by atoms with van der Waals surface area (Å²) in [6.07, 6.45) is 10.8. The Morgan fingerprint density at radius 3 is 2.49 bits per heavy atom. The molecule has 0 radical (unpaired) electrons. The number of amides is 1. The molecule has 3 aliphatic rings. The lowest BCUT2D eigenvalue weighted by Crippen LogP contribution is -2.34. The summed E-state index contributed by atoms with van der Waals surface area (Å²) >= 11 is 0. The van der Waals surface area contributed by atoms with E-state index < -0.39 is 17.3 Å². The topological polar surface area (TPSA) is 101 Å². The highest BCUT2D eigenvalue weighted by atomic mass is 19.1. The summed E-state index contributed by atoms with van der Waals surface area (Å²) in [5, 5.41) is 17.8. The molecule has 7 rings (SSSR count). The number of aliphatic hydroxyl groups is 1. The molecule has 9 nitrogen and oxygen atoms in total. The van der Waals surface area contributed by atoms with E-state index in [1.165, 1.54) is 30.7 Å². The zero-order chi connectivity index (χ0) is 29.9. The van der Waals surface area contributed by atoms with Crippen LogP contribution in [0, 0.1) is 12.7 Å². The number of pyridine rings is 1. The van der Waals surface area contributed by atoms with Crippen LogP contribution in [0.5, 0.6) is 0 Å². The number of aryl methyl sites for hydroxylation is 1. The van der Waals surface area contributed by atoms with Gasteiger partial charge >= 0.3 is 0 Å². The summed E-state index contributed by atoms with van der Waals surface area (Å²) in [4.78, 5) is 25.4. The van der Waals surface area contributed by atoms with E-state index >= 15 is 4.39 Å². The summed E-state index contributed by atoms with van der Waals surface area (Å²) < 4.78 is 19.5. The Bertz CT molecular complexity index is 1670. The molecule has 43 heavy (non-hydrogen) atoms. The fourth-order valence-electron chi connectivity index (χ4n) is 7.05. The van der Waals surface area contributed by atoms with Crippen LogP contribution in [0.3, 0.4) is 0 Å². The number of carbonyl (C=O) groups excluding carboxylic acids is 1. The predicted molar refractivity (Wildman–Crippen MR) is 164 cm³/mol. The van der Waals surface area contributed by atoms with Gasteiger partial charge in [-0.05, 0) is 108 Å². The maximum atomic E-state index is 15.8. The van der Waals surface area contributed by atoms with Gasteiger partial charge in [0.25, 0.3) is 5.91 Å². The summed E-state index contributed by atoms with van der Waals surface area (Å²) in [5.41, 5.74) is 3.67. The van der Waals surface area contributed by atoms with E-state index in [4.69, 9.17) is 4.98 Å². The molecule has 10 heteroatoms. The van der Waals surface area contributed by atoms with Crippen LogP contribution in [0.1, 0.15) is 91.9 Å². The number of piperidine rings is 1. The average molecular weight is 586 g/mol. The van der Waals surface area contributed by atoms with Crippen molar-refractivity contribution in [3.8, 4) is 11.3 Å². The molecule has 1 saturated heterocycles. The molecule has 1 aromatic carbocycles. The third kappa shape index (κ3) is 5.35. The fraction of sp³-hybridized carbons (Fsp3) is 0.515. The first-order valence-electron chi connectivity index (χ1n) is 15.6. The van der Waals surface area contributed by atoms with Gasteiger partial charge in [0.2, 0.25) is 5.95 Å². The minimum Gasteiger partial charge on any atom is -0.390 e. The Morgan fingerprint density at radius 1 is 1.07 bits per heavy atom. The van der Waals surface area contributed by atoms with Gasteiger partial charge in [0.05, 0.1) is 28.4 Å². The number of nitrogens with one attached hydrogen (secondary N) is 1. The number of fused-ring (bicyclic) bond motifs is 1. The zero-order valence-electron chi connectivity index (χ0n) is 25.2. The Kier molecular flexibility index (Phi) is 7.09. The normalized spacial score (nSPS) is 23.6. The van der Waals surface area contributed by atoms with Crippen LogP contribution in [0.2, 0.25) is 0 Å². The number of rotatable bonds is 6. The molecule has 0 unspecified atom stereocenters. The summed E-state index contributed by atoms with van der Waals surface area (Å²) in [6.45, 7) is 6.00. The van der Waals surface area contributed by atoms with Gasteiger partial charge in [-0.3, -0.25) is 19.8 Å². The number of nitrogens with zero attached hydrogens (tertiary/aromatic N) is 6. The van der Waals surface area contributed by atoms with E-state index in [1.54, 1.807) is 17.9 Å². The quantitative estimate of drug-likeness (QED) is 0.299. The van der Waals surface area contributed by atoms with Gasteiger partial charge in [0, 0.05) is 36.6 Å². The van der Waals surface area contributed by atoms with Crippen molar-refractivity contribution in [3.63, 3.8) is 0 Å². The maximum absolute atomic E-state index is 15.8. The van der Waals surface area contributed by atoms with Gasteiger partial charge in [-0.2, -0.15) is 5.10 Å².